The monoisotopic (exact) mass is 1300 g/mol. The largest absolute Gasteiger partial charge is 0.309 e. The predicted molar refractivity (Wildman–Crippen MR) is 423 cm³/mol. The fourth-order valence-corrected chi connectivity index (χ4v) is 16.0. The Balaban J connectivity index is 0.660. The van der Waals surface area contributed by atoms with Crippen LogP contribution in [0.5, 0.6) is 0 Å². The summed E-state index contributed by atoms with van der Waals surface area (Å²) in [5, 5.41) is 11.3. The third-order valence-corrected chi connectivity index (χ3v) is 20.8. The normalized spacial score (nSPS) is 11.9. The summed E-state index contributed by atoms with van der Waals surface area (Å²) in [6.45, 7) is 0. The molecule has 0 radical (unpaired) electrons. The van der Waals surface area contributed by atoms with Crippen LogP contribution in [0.15, 0.2) is 352 Å². The maximum absolute atomic E-state index is 5.60. The molecule has 0 saturated heterocycles. The molecule has 0 fully saturated rings. The molecule has 474 valence electrons. The lowest BCUT2D eigenvalue weighted by Gasteiger charge is -2.13. The molecule has 0 N–H and O–H groups in total. The second kappa shape index (κ2) is 22.9. The molecule has 8 nitrogen and oxygen atoms in total. The van der Waals surface area contributed by atoms with E-state index in [2.05, 4.69) is 370 Å². The fourth-order valence-electron chi connectivity index (χ4n) is 16.0. The first-order valence-corrected chi connectivity index (χ1v) is 34.7. The summed E-state index contributed by atoms with van der Waals surface area (Å²) in [7, 11) is 0. The van der Waals surface area contributed by atoms with Crippen LogP contribution in [0.3, 0.4) is 0 Å². The Morgan fingerprint density at radius 1 is 0.157 bits per heavy atom. The van der Waals surface area contributed by atoms with E-state index in [4.69, 9.17) is 19.9 Å². The number of hydrogen-bond acceptors (Lipinski definition) is 4. The van der Waals surface area contributed by atoms with Crippen LogP contribution in [0.2, 0.25) is 0 Å². The van der Waals surface area contributed by atoms with E-state index in [1.165, 1.54) is 38.1 Å². The van der Waals surface area contributed by atoms with Crippen molar-refractivity contribution < 1.29 is 0 Å². The van der Waals surface area contributed by atoms with Gasteiger partial charge in [0, 0.05) is 76.4 Å². The molecule has 8 heteroatoms. The SMILES string of the molecule is c1ccc(-c2ccc(-c3nc(-n4c5ccccc5c5cc(-c6ccc7c(c6)c6ccc(-c8ccc9nc(-n%10c%11ccccc%11c%11cc(-c%12ccc%13c(c%12)c%12ccccc%12n%13-c%12ccccc%12)ccc%11%10)nc(-c%10ccccc%10)c9c8)cc6n7-c6ccccc6)ccc54)nc4ccccc34)cc2)cc1. The van der Waals surface area contributed by atoms with E-state index in [0.29, 0.717) is 11.9 Å². The molecule has 6 aromatic heterocycles. The molecule has 102 heavy (non-hydrogen) atoms. The Bertz CT molecular complexity index is 6970. The highest BCUT2D eigenvalue weighted by Gasteiger charge is 2.23. The highest BCUT2D eigenvalue weighted by atomic mass is 15.2. The van der Waals surface area contributed by atoms with Gasteiger partial charge in [-0.3, -0.25) is 9.13 Å². The second-order valence-corrected chi connectivity index (χ2v) is 26.5. The first-order chi connectivity index (χ1) is 50.6. The van der Waals surface area contributed by atoms with E-state index in [0.717, 1.165) is 149 Å². The second-order valence-electron chi connectivity index (χ2n) is 26.5. The first-order valence-electron chi connectivity index (χ1n) is 34.7. The summed E-state index contributed by atoms with van der Waals surface area (Å²) < 4.78 is 9.26. The van der Waals surface area contributed by atoms with Crippen LogP contribution in [0, 0.1) is 0 Å². The molecule has 0 amide bonds. The summed E-state index contributed by atoms with van der Waals surface area (Å²) in [4.78, 5) is 21.8. The molecule has 0 aliphatic heterocycles. The van der Waals surface area contributed by atoms with Crippen LogP contribution in [-0.2, 0) is 0 Å². The van der Waals surface area contributed by atoms with Gasteiger partial charge in [0.05, 0.1) is 66.6 Å². The highest BCUT2D eigenvalue weighted by Crippen LogP contribution is 2.44. The Labute approximate surface area is 585 Å². The van der Waals surface area contributed by atoms with Gasteiger partial charge in [-0.05, 0) is 160 Å². The van der Waals surface area contributed by atoms with Crippen molar-refractivity contribution in [1.82, 2.24) is 38.2 Å². The molecule has 21 aromatic rings. The van der Waals surface area contributed by atoms with Crippen molar-refractivity contribution in [2.45, 2.75) is 0 Å². The topological polar surface area (TPSA) is 71.3 Å². The van der Waals surface area contributed by atoms with Crippen LogP contribution in [0.4, 0.5) is 0 Å². The van der Waals surface area contributed by atoms with Crippen molar-refractivity contribution in [3.63, 3.8) is 0 Å². The van der Waals surface area contributed by atoms with Crippen molar-refractivity contribution in [1.29, 1.82) is 0 Å². The Hall–Kier alpha value is -13.8. The van der Waals surface area contributed by atoms with Crippen LogP contribution in [0.1, 0.15) is 0 Å². The lowest BCUT2D eigenvalue weighted by atomic mass is 9.98. The minimum atomic E-state index is 0.620. The maximum Gasteiger partial charge on any atom is 0.235 e. The van der Waals surface area contributed by atoms with E-state index >= 15 is 0 Å². The summed E-state index contributed by atoms with van der Waals surface area (Å²) in [5.41, 5.74) is 25.7. The molecule has 0 bridgehead atoms. The number of hydrogen-bond donors (Lipinski definition) is 0. The summed E-state index contributed by atoms with van der Waals surface area (Å²) in [6.07, 6.45) is 0. The molecular weight excluding hydrogens is 1240 g/mol. The Kier molecular flexibility index (Phi) is 12.9. The average Bonchev–Trinajstić information content (AvgIpc) is 1.57. The van der Waals surface area contributed by atoms with Crippen molar-refractivity contribution in [3.05, 3.63) is 352 Å². The fraction of sp³-hybridized carbons (Fsp3) is 0. The zero-order chi connectivity index (χ0) is 66.9. The van der Waals surface area contributed by atoms with Crippen molar-refractivity contribution >= 4 is 109 Å². The van der Waals surface area contributed by atoms with Crippen LogP contribution in [0.25, 0.3) is 199 Å². The lowest BCUT2D eigenvalue weighted by molar-refractivity contribution is 1.01. The average molecular weight is 1300 g/mol. The maximum atomic E-state index is 5.60. The van der Waals surface area contributed by atoms with Crippen LogP contribution >= 0.6 is 0 Å². The molecule has 0 aliphatic rings. The Morgan fingerprint density at radius 3 is 0.951 bits per heavy atom. The van der Waals surface area contributed by atoms with Crippen LogP contribution in [-0.4, -0.2) is 38.2 Å². The smallest absolute Gasteiger partial charge is 0.235 e. The van der Waals surface area contributed by atoms with E-state index < -0.39 is 0 Å². The van der Waals surface area contributed by atoms with E-state index in [9.17, 15) is 0 Å². The van der Waals surface area contributed by atoms with Gasteiger partial charge in [0.15, 0.2) is 0 Å². The molecule has 0 unspecified atom stereocenters. The van der Waals surface area contributed by atoms with Gasteiger partial charge in [0.25, 0.3) is 0 Å². The number of fused-ring (bicyclic) bond motifs is 14. The zero-order valence-corrected chi connectivity index (χ0v) is 55.1. The minimum absolute atomic E-state index is 0.620. The van der Waals surface area contributed by atoms with Crippen molar-refractivity contribution in [2.75, 3.05) is 0 Å². The van der Waals surface area contributed by atoms with Gasteiger partial charge in [-0.1, -0.05) is 237 Å². The first kappa shape index (κ1) is 57.3. The molecular formula is C94H58N8. The number of para-hydroxylation sites is 6. The van der Waals surface area contributed by atoms with Gasteiger partial charge in [-0.2, -0.15) is 0 Å². The van der Waals surface area contributed by atoms with Crippen molar-refractivity contribution in [3.8, 4) is 90.3 Å². The summed E-state index contributed by atoms with van der Waals surface area (Å²) in [5.74, 6) is 1.25. The number of aromatic nitrogens is 8. The molecule has 0 atom stereocenters. The van der Waals surface area contributed by atoms with Gasteiger partial charge in [0.1, 0.15) is 0 Å². The predicted octanol–water partition coefficient (Wildman–Crippen LogP) is 24.0. The lowest BCUT2D eigenvalue weighted by Crippen LogP contribution is -2.03. The molecule has 0 aliphatic carbocycles. The van der Waals surface area contributed by atoms with Gasteiger partial charge in [-0.25, -0.2) is 19.9 Å². The quantitative estimate of drug-likeness (QED) is 0.137. The highest BCUT2D eigenvalue weighted by molar-refractivity contribution is 6.16. The van der Waals surface area contributed by atoms with Crippen molar-refractivity contribution in [2.24, 2.45) is 0 Å². The van der Waals surface area contributed by atoms with E-state index in [1.807, 2.05) is 0 Å². The van der Waals surface area contributed by atoms with Gasteiger partial charge < -0.3 is 9.13 Å². The molecule has 15 aromatic carbocycles. The summed E-state index contributed by atoms with van der Waals surface area (Å²) in [6, 6.07) is 127. The number of benzene rings is 15. The number of rotatable bonds is 10. The summed E-state index contributed by atoms with van der Waals surface area (Å²) >= 11 is 0. The van der Waals surface area contributed by atoms with Gasteiger partial charge in [-0.15, -0.1) is 0 Å². The standard InChI is InChI=1S/C94H58N8/c1-5-21-59(22-6-1)60-37-39-62(40-38-60)91-75-32-13-17-33-81(75)95-93(97-91)101-84-35-19-15-30-72(84)77-55-67(46-51-88(77)101)65-44-50-87-79(56-65)74-47-41-68(58-90(74)100(87)70-27-11-4-12-28-70)63-42-48-82-80(57-63)92(61-23-7-2-8-24-61)98-94(96-82)102-85-36-20-16-31-73(85)78-54-66(45-52-89(78)102)64-43-49-86-76(53-64)71-29-14-18-34-83(71)99(86)69-25-9-3-10-26-69/h1-58H. The van der Waals surface area contributed by atoms with E-state index in [-0.39, 0.29) is 0 Å². The van der Waals surface area contributed by atoms with Gasteiger partial charge >= 0.3 is 0 Å². The molecule has 6 heterocycles. The Morgan fingerprint density at radius 2 is 0.451 bits per heavy atom. The third-order valence-electron chi connectivity index (χ3n) is 20.8. The minimum Gasteiger partial charge on any atom is -0.309 e. The van der Waals surface area contributed by atoms with Gasteiger partial charge in [0.2, 0.25) is 11.9 Å². The third kappa shape index (κ3) is 9.10. The zero-order valence-electron chi connectivity index (χ0n) is 55.1. The molecule has 21 rings (SSSR count). The molecule has 0 spiro atoms. The van der Waals surface area contributed by atoms with E-state index in [1.54, 1.807) is 0 Å². The van der Waals surface area contributed by atoms with Crippen LogP contribution < -0.4 is 0 Å². The molecule has 0 saturated carbocycles. The number of nitrogens with zero attached hydrogens (tertiary/aromatic N) is 8.